The van der Waals surface area contributed by atoms with E-state index in [1.54, 1.807) is 0 Å². The average molecular weight is 302 g/mol. The second-order valence-electron chi connectivity index (χ2n) is 5.51. The quantitative estimate of drug-likeness (QED) is 0.843. The van der Waals surface area contributed by atoms with E-state index < -0.39 is 0 Å². The maximum absolute atomic E-state index is 11.8. The largest absolute Gasteiger partial charge is 0.466 e. The van der Waals surface area contributed by atoms with Crippen molar-refractivity contribution in [3.63, 3.8) is 0 Å². The van der Waals surface area contributed by atoms with E-state index >= 15 is 0 Å². The number of aromatic nitrogens is 1. The van der Waals surface area contributed by atoms with Gasteiger partial charge in [-0.3, -0.25) is 4.79 Å². The van der Waals surface area contributed by atoms with Gasteiger partial charge in [0.15, 0.2) is 0 Å². The predicted octanol–water partition coefficient (Wildman–Crippen LogP) is 1.83. The number of amides is 1. The molecule has 1 aliphatic carbocycles. The predicted molar refractivity (Wildman–Crippen MR) is 79.3 cm³/mol. The van der Waals surface area contributed by atoms with Crippen molar-refractivity contribution >= 4 is 17.7 Å². The highest BCUT2D eigenvalue weighted by Gasteiger charge is 2.31. The summed E-state index contributed by atoms with van der Waals surface area (Å²) in [6, 6.07) is 0. The third kappa shape index (κ3) is 2.39. The zero-order valence-electron chi connectivity index (χ0n) is 12.9. The first-order valence-electron chi connectivity index (χ1n) is 7.22. The van der Waals surface area contributed by atoms with Crippen LogP contribution in [0.15, 0.2) is 11.6 Å². The number of anilines is 1. The fourth-order valence-electron chi connectivity index (χ4n) is 3.05. The summed E-state index contributed by atoms with van der Waals surface area (Å²) < 4.78 is 10.5. The van der Waals surface area contributed by atoms with Crippen LogP contribution in [0.3, 0.4) is 0 Å². The van der Waals surface area contributed by atoms with Gasteiger partial charge in [-0.1, -0.05) is 6.08 Å². The molecule has 3 rings (SSSR count). The minimum atomic E-state index is -0.308. The number of pyridine rings is 1. The molecule has 22 heavy (non-hydrogen) atoms. The van der Waals surface area contributed by atoms with E-state index in [-0.39, 0.29) is 18.0 Å². The fourth-order valence-corrected chi connectivity index (χ4v) is 3.05. The number of fused-ring (bicyclic) bond motifs is 3. The van der Waals surface area contributed by atoms with Gasteiger partial charge in [-0.05, 0) is 18.1 Å². The average Bonchev–Trinajstić information content (AvgIpc) is 2.88. The maximum Gasteiger partial charge on any atom is 0.333 e. The van der Waals surface area contributed by atoms with Crippen LogP contribution < -0.4 is 5.32 Å². The molecule has 0 spiro atoms. The minimum Gasteiger partial charge on any atom is -0.466 e. The molecule has 0 saturated carbocycles. The van der Waals surface area contributed by atoms with E-state index in [0.717, 1.165) is 22.4 Å². The molecule has 1 aromatic heterocycles. The third-order valence-electron chi connectivity index (χ3n) is 4.07. The summed E-state index contributed by atoms with van der Waals surface area (Å²) >= 11 is 0. The number of esters is 1. The molecule has 0 aromatic carbocycles. The first kappa shape index (κ1) is 14.7. The number of methoxy groups -OCH3 is 1. The number of allylic oxidation sites excluding steroid dienone is 1. The monoisotopic (exact) mass is 302 g/mol. The van der Waals surface area contributed by atoms with E-state index in [2.05, 4.69) is 10.3 Å². The number of rotatable bonds is 2. The minimum absolute atomic E-state index is 0.123. The summed E-state index contributed by atoms with van der Waals surface area (Å²) in [5, 5.41) is 2.79. The van der Waals surface area contributed by atoms with Crippen LogP contribution in [0.2, 0.25) is 0 Å². The van der Waals surface area contributed by atoms with Crippen molar-refractivity contribution in [3.05, 3.63) is 34.0 Å². The zero-order chi connectivity index (χ0) is 15.9. The molecule has 0 saturated heterocycles. The Bertz CT molecular complexity index is 694. The van der Waals surface area contributed by atoms with Crippen LogP contribution in [0.1, 0.15) is 42.3 Å². The highest BCUT2D eigenvalue weighted by atomic mass is 16.5. The van der Waals surface area contributed by atoms with Crippen LogP contribution in [-0.2, 0) is 38.5 Å². The number of nitrogens with one attached hydrogen (secondary N) is 1. The number of hydrogen-bond donors (Lipinski definition) is 1. The van der Waals surface area contributed by atoms with E-state index in [0.29, 0.717) is 30.8 Å². The highest BCUT2D eigenvalue weighted by molar-refractivity contribution is 5.90. The van der Waals surface area contributed by atoms with Gasteiger partial charge < -0.3 is 14.8 Å². The number of carbonyl (C=O) groups is 2. The van der Waals surface area contributed by atoms with Crippen molar-refractivity contribution in [2.45, 2.75) is 39.4 Å². The molecule has 0 bridgehead atoms. The van der Waals surface area contributed by atoms with Crippen molar-refractivity contribution in [2.24, 2.45) is 0 Å². The lowest BCUT2D eigenvalue weighted by molar-refractivity contribution is -0.136. The molecule has 1 atom stereocenters. The first-order chi connectivity index (χ1) is 10.5. The van der Waals surface area contributed by atoms with Gasteiger partial charge in [0.1, 0.15) is 5.82 Å². The Kier molecular flexibility index (Phi) is 3.70. The summed E-state index contributed by atoms with van der Waals surface area (Å²) in [7, 11) is 1.38. The molecule has 6 nitrogen and oxygen atoms in total. The Labute approximate surface area is 128 Å². The second kappa shape index (κ2) is 5.53. The molecule has 1 aromatic rings. The number of hydrogen-bond acceptors (Lipinski definition) is 5. The number of nitrogens with zero attached hydrogens (tertiary/aromatic N) is 1. The number of carbonyl (C=O) groups excluding carboxylic acids is 2. The van der Waals surface area contributed by atoms with Crippen molar-refractivity contribution in [3.8, 4) is 0 Å². The molecule has 2 heterocycles. The van der Waals surface area contributed by atoms with Gasteiger partial charge in [0, 0.05) is 30.9 Å². The first-order valence-corrected chi connectivity index (χ1v) is 7.22. The summed E-state index contributed by atoms with van der Waals surface area (Å²) in [5.74, 6) is 0.105. The molecule has 0 unspecified atom stereocenters. The third-order valence-corrected chi connectivity index (χ3v) is 4.07. The highest BCUT2D eigenvalue weighted by Crippen LogP contribution is 2.40. The molecule has 2 aliphatic rings. The van der Waals surface area contributed by atoms with Gasteiger partial charge in [0.05, 0.1) is 25.5 Å². The Morgan fingerprint density at radius 2 is 2.18 bits per heavy atom. The van der Waals surface area contributed by atoms with Gasteiger partial charge in [-0.15, -0.1) is 0 Å². The lowest BCUT2D eigenvalue weighted by Gasteiger charge is -2.20. The van der Waals surface area contributed by atoms with Crippen LogP contribution in [0.25, 0.3) is 0 Å². The zero-order valence-corrected chi connectivity index (χ0v) is 12.9. The van der Waals surface area contributed by atoms with Gasteiger partial charge in [0.2, 0.25) is 5.91 Å². The van der Waals surface area contributed by atoms with Gasteiger partial charge in [0.25, 0.3) is 0 Å². The van der Waals surface area contributed by atoms with Gasteiger partial charge in [-0.2, -0.15) is 0 Å². The molecule has 0 fully saturated rings. The van der Waals surface area contributed by atoms with Crippen molar-refractivity contribution < 1.29 is 19.1 Å². The summed E-state index contributed by atoms with van der Waals surface area (Å²) in [4.78, 5) is 27.7. The fraction of sp³-hybridized carbons (Fsp3) is 0.438. The molecule has 6 heteroatoms. The van der Waals surface area contributed by atoms with Crippen molar-refractivity contribution in [1.82, 2.24) is 4.98 Å². The van der Waals surface area contributed by atoms with Gasteiger partial charge >= 0.3 is 5.97 Å². The van der Waals surface area contributed by atoms with Crippen LogP contribution in [-0.4, -0.2) is 24.0 Å². The van der Waals surface area contributed by atoms with E-state index in [9.17, 15) is 9.59 Å². The molecule has 116 valence electrons. The van der Waals surface area contributed by atoms with E-state index in [4.69, 9.17) is 9.47 Å². The molecule has 0 radical (unpaired) electrons. The topological polar surface area (TPSA) is 77.5 Å². The maximum atomic E-state index is 11.8. The molecule has 1 N–H and O–H groups in total. The molecular formula is C16H18N2O4. The summed E-state index contributed by atoms with van der Waals surface area (Å²) in [6.07, 6.45) is 2.76. The van der Waals surface area contributed by atoms with Crippen LogP contribution >= 0.6 is 0 Å². The molecule has 1 aliphatic heterocycles. The SMILES string of the molecule is COC(=O)C1=CCc2nc(NC(C)=O)c3c(c2C1)CO[C@@H]3C. The van der Waals surface area contributed by atoms with Crippen LogP contribution in [0, 0.1) is 0 Å². The van der Waals surface area contributed by atoms with E-state index in [1.807, 2.05) is 13.0 Å². The van der Waals surface area contributed by atoms with Crippen LogP contribution in [0.5, 0.6) is 0 Å². The lowest BCUT2D eigenvalue weighted by atomic mass is 9.89. The normalized spacial score (nSPS) is 19.0. The Balaban J connectivity index is 2.07. The van der Waals surface area contributed by atoms with Crippen LogP contribution in [0.4, 0.5) is 5.82 Å². The van der Waals surface area contributed by atoms with Crippen molar-refractivity contribution in [2.75, 3.05) is 12.4 Å². The summed E-state index contributed by atoms with van der Waals surface area (Å²) in [6.45, 7) is 3.87. The summed E-state index contributed by atoms with van der Waals surface area (Å²) in [5.41, 5.74) is 4.51. The lowest BCUT2D eigenvalue weighted by Crippen LogP contribution is -2.18. The molecule has 1 amide bonds. The van der Waals surface area contributed by atoms with Crippen molar-refractivity contribution in [1.29, 1.82) is 0 Å². The Hall–Kier alpha value is -2.21. The molecular weight excluding hydrogens is 284 g/mol. The second-order valence-corrected chi connectivity index (χ2v) is 5.51. The van der Waals surface area contributed by atoms with Gasteiger partial charge in [-0.25, -0.2) is 9.78 Å². The Morgan fingerprint density at radius 3 is 2.86 bits per heavy atom. The Morgan fingerprint density at radius 1 is 1.41 bits per heavy atom. The number of ether oxygens (including phenoxy) is 2. The standard InChI is InChI=1S/C16H18N2O4/c1-8-14-12(7-22-8)11-6-10(16(20)21-3)4-5-13(11)18-15(14)17-9(2)19/h4,8H,5-7H2,1-3H3,(H,17,18,19)/t8-/m1/s1. The van der Waals surface area contributed by atoms with E-state index in [1.165, 1.54) is 14.0 Å². The smallest absolute Gasteiger partial charge is 0.333 e.